The van der Waals surface area contributed by atoms with E-state index in [2.05, 4.69) is 18.9 Å². The Balaban J connectivity index is 1.83. The van der Waals surface area contributed by atoms with Crippen molar-refractivity contribution in [2.75, 3.05) is 20.3 Å². The maximum atomic E-state index is 13.8. The molecule has 1 aromatic carbocycles. The summed E-state index contributed by atoms with van der Waals surface area (Å²) in [4.78, 5) is 20.4. The Hall–Kier alpha value is -3.45. The number of ether oxygens (including phenoxy) is 1. The maximum Gasteiger partial charge on any atom is 0.255 e. The fourth-order valence-electron chi connectivity index (χ4n) is 3.66. The molecule has 0 aliphatic rings. The molecule has 0 radical (unpaired) electrons. The van der Waals surface area contributed by atoms with E-state index < -0.39 is 0 Å². The first kappa shape index (κ1) is 21.8. The molecule has 0 N–H and O–H groups in total. The van der Waals surface area contributed by atoms with Gasteiger partial charge in [0.2, 0.25) is 0 Å². The second kappa shape index (κ2) is 9.36. The van der Waals surface area contributed by atoms with E-state index in [-0.39, 0.29) is 11.9 Å². The number of aryl methyl sites for hydroxylation is 1. The van der Waals surface area contributed by atoms with Crippen molar-refractivity contribution >= 4 is 16.9 Å². The molecule has 0 unspecified atom stereocenters. The minimum Gasteiger partial charge on any atom is -0.467 e. The van der Waals surface area contributed by atoms with Crippen LogP contribution in [0.1, 0.15) is 41.6 Å². The molecular weight excluding hydrogens is 404 g/mol. The Kier molecular flexibility index (Phi) is 6.37. The van der Waals surface area contributed by atoms with Crippen molar-refractivity contribution in [3.05, 3.63) is 71.8 Å². The molecule has 4 rings (SSSR count). The van der Waals surface area contributed by atoms with E-state index in [0.717, 1.165) is 22.4 Å². The highest BCUT2D eigenvalue weighted by molar-refractivity contribution is 6.06. The van der Waals surface area contributed by atoms with E-state index >= 15 is 0 Å². The summed E-state index contributed by atoms with van der Waals surface area (Å²) in [6.07, 6.45) is 3.34. The van der Waals surface area contributed by atoms with Crippen LogP contribution in [0.5, 0.6) is 0 Å². The summed E-state index contributed by atoms with van der Waals surface area (Å²) in [5, 5.41) is 5.26. The topological polar surface area (TPSA) is 73.4 Å². The molecule has 3 heterocycles. The van der Waals surface area contributed by atoms with Crippen LogP contribution in [-0.4, -0.2) is 45.8 Å². The van der Waals surface area contributed by atoms with Crippen molar-refractivity contribution in [1.29, 1.82) is 0 Å². The smallest absolute Gasteiger partial charge is 0.255 e. The predicted molar refractivity (Wildman–Crippen MR) is 123 cm³/mol. The number of pyridine rings is 1. The van der Waals surface area contributed by atoms with Gasteiger partial charge >= 0.3 is 0 Å². The second-order valence-electron chi connectivity index (χ2n) is 8.14. The van der Waals surface area contributed by atoms with Crippen LogP contribution < -0.4 is 0 Å². The van der Waals surface area contributed by atoms with Gasteiger partial charge in [0.25, 0.3) is 5.91 Å². The number of aromatic nitrogens is 3. The SMILES string of the molecule is COCCN(Cc1ccco1)C(=O)c1cc(-c2ccc(C)cc2)nc2c1cnn2C(C)C. The van der Waals surface area contributed by atoms with Gasteiger partial charge in [-0.2, -0.15) is 5.10 Å². The molecule has 0 spiro atoms. The minimum absolute atomic E-state index is 0.109. The molecule has 166 valence electrons. The van der Waals surface area contributed by atoms with Crippen LogP contribution in [0.3, 0.4) is 0 Å². The Labute approximate surface area is 187 Å². The lowest BCUT2D eigenvalue weighted by atomic mass is 10.0. The normalized spacial score (nSPS) is 11.4. The third-order valence-electron chi connectivity index (χ3n) is 5.41. The predicted octanol–water partition coefficient (Wildman–Crippen LogP) is 4.87. The average molecular weight is 433 g/mol. The van der Waals surface area contributed by atoms with E-state index in [9.17, 15) is 4.79 Å². The first-order valence-corrected chi connectivity index (χ1v) is 10.7. The molecule has 0 fully saturated rings. The van der Waals surface area contributed by atoms with Gasteiger partial charge in [0.1, 0.15) is 5.76 Å². The Morgan fingerprint density at radius 3 is 2.66 bits per heavy atom. The average Bonchev–Trinajstić information content (AvgIpc) is 3.45. The standard InChI is InChI=1S/C25H28N4O3/c1-17(2)29-24-22(15-26-29)21(14-23(27-24)19-9-7-18(3)8-10-19)25(30)28(11-13-31-4)16-20-6-5-12-32-20/h5-10,12,14-15,17H,11,13,16H2,1-4H3. The number of hydrogen-bond donors (Lipinski definition) is 0. The molecule has 0 atom stereocenters. The molecule has 0 saturated carbocycles. The largest absolute Gasteiger partial charge is 0.467 e. The van der Waals surface area contributed by atoms with Crippen molar-refractivity contribution in [1.82, 2.24) is 19.7 Å². The summed E-state index contributed by atoms with van der Waals surface area (Å²) in [6, 6.07) is 13.8. The third-order valence-corrected chi connectivity index (χ3v) is 5.41. The number of amides is 1. The lowest BCUT2D eigenvalue weighted by molar-refractivity contribution is 0.0668. The van der Waals surface area contributed by atoms with Gasteiger partial charge in [-0.25, -0.2) is 9.67 Å². The number of hydrogen-bond acceptors (Lipinski definition) is 5. The van der Waals surface area contributed by atoms with Crippen molar-refractivity contribution in [2.45, 2.75) is 33.4 Å². The fraction of sp³-hybridized carbons (Fsp3) is 0.320. The molecule has 7 heteroatoms. The maximum absolute atomic E-state index is 13.8. The molecule has 7 nitrogen and oxygen atoms in total. The van der Waals surface area contributed by atoms with E-state index in [4.69, 9.17) is 14.1 Å². The summed E-state index contributed by atoms with van der Waals surface area (Å²) in [7, 11) is 1.63. The van der Waals surface area contributed by atoms with E-state index in [0.29, 0.717) is 30.9 Å². The van der Waals surface area contributed by atoms with Crippen molar-refractivity contribution in [3.8, 4) is 11.3 Å². The van der Waals surface area contributed by atoms with Gasteiger partial charge in [0, 0.05) is 25.3 Å². The lowest BCUT2D eigenvalue weighted by Gasteiger charge is -2.22. The number of fused-ring (bicyclic) bond motifs is 1. The Morgan fingerprint density at radius 2 is 2.00 bits per heavy atom. The lowest BCUT2D eigenvalue weighted by Crippen LogP contribution is -2.33. The van der Waals surface area contributed by atoms with E-state index in [1.54, 1.807) is 24.5 Å². The fourth-order valence-corrected chi connectivity index (χ4v) is 3.66. The van der Waals surface area contributed by atoms with Crippen LogP contribution in [0.15, 0.2) is 59.3 Å². The summed E-state index contributed by atoms with van der Waals surface area (Å²) >= 11 is 0. The van der Waals surface area contributed by atoms with Crippen molar-refractivity contribution < 1.29 is 13.9 Å². The van der Waals surface area contributed by atoms with Crippen LogP contribution in [0, 0.1) is 6.92 Å². The van der Waals surface area contributed by atoms with Gasteiger partial charge in [-0.15, -0.1) is 0 Å². The summed E-state index contributed by atoms with van der Waals surface area (Å²) in [5.74, 6) is 0.610. The number of nitrogens with zero attached hydrogens (tertiary/aromatic N) is 4. The zero-order valence-electron chi connectivity index (χ0n) is 18.9. The van der Waals surface area contributed by atoms with Crippen LogP contribution in [0.2, 0.25) is 0 Å². The highest BCUT2D eigenvalue weighted by Crippen LogP contribution is 2.28. The van der Waals surface area contributed by atoms with Gasteiger partial charge in [-0.05, 0) is 39.0 Å². The quantitative estimate of drug-likeness (QED) is 0.397. The van der Waals surface area contributed by atoms with Crippen LogP contribution >= 0.6 is 0 Å². The van der Waals surface area contributed by atoms with E-state index in [1.165, 1.54) is 5.56 Å². The monoisotopic (exact) mass is 432 g/mol. The van der Waals surface area contributed by atoms with Crippen LogP contribution in [-0.2, 0) is 11.3 Å². The number of furan rings is 1. The highest BCUT2D eigenvalue weighted by atomic mass is 16.5. The molecule has 0 aliphatic heterocycles. The van der Waals surface area contributed by atoms with Crippen molar-refractivity contribution in [2.24, 2.45) is 0 Å². The van der Waals surface area contributed by atoms with Gasteiger partial charge in [-0.3, -0.25) is 4.79 Å². The summed E-state index contributed by atoms with van der Waals surface area (Å²) in [6.45, 7) is 7.38. The Bertz CT molecular complexity index is 1190. The first-order chi connectivity index (χ1) is 15.5. The van der Waals surface area contributed by atoms with Crippen LogP contribution in [0.25, 0.3) is 22.3 Å². The molecular formula is C25H28N4O3. The van der Waals surface area contributed by atoms with Crippen LogP contribution in [0.4, 0.5) is 0 Å². The number of carbonyl (C=O) groups is 1. The molecule has 4 aromatic rings. The molecule has 32 heavy (non-hydrogen) atoms. The minimum atomic E-state index is -0.109. The van der Waals surface area contributed by atoms with Gasteiger partial charge in [0.05, 0.1) is 42.3 Å². The van der Waals surface area contributed by atoms with Gasteiger partial charge in [0.15, 0.2) is 5.65 Å². The van der Waals surface area contributed by atoms with E-state index in [1.807, 2.05) is 54.1 Å². The molecule has 0 aliphatic carbocycles. The number of carbonyl (C=O) groups excluding carboxylic acids is 1. The molecule has 3 aromatic heterocycles. The summed E-state index contributed by atoms with van der Waals surface area (Å²) < 4.78 is 12.6. The zero-order chi connectivity index (χ0) is 22.7. The summed E-state index contributed by atoms with van der Waals surface area (Å²) in [5.41, 5.74) is 4.14. The van der Waals surface area contributed by atoms with Crippen molar-refractivity contribution in [3.63, 3.8) is 0 Å². The van der Waals surface area contributed by atoms with Gasteiger partial charge in [-0.1, -0.05) is 29.8 Å². The number of benzene rings is 1. The number of methoxy groups -OCH3 is 1. The highest BCUT2D eigenvalue weighted by Gasteiger charge is 2.23. The number of rotatable bonds is 8. The second-order valence-corrected chi connectivity index (χ2v) is 8.14. The Morgan fingerprint density at radius 1 is 1.22 bits per heavy atom. The van der Waals surface area contributed by atoms with Gasteiger partial charge < -0.3 is 14.1 Å². The molecule has 1 amide bonds. The molecule has 0 saturated heterocycles. The molecule has 0 bridgehead atoms. The third kappa shape index (κ3) is 4.43. The first-order valence-electron chi connectivity index (χ1n) is 10.7. The zero-order valence-corrected chi connectivity index (χ0v) is 18.9.